The van der Waals surface area contributed by atoms with Gasteiger partial charge in [0.15, 0.2) is 0 Å². The molecule has 0 aromatic heterocycles. The summed E-state index contributed by atoms with van der Waals surface area (Å²) >= 11 is 0. The minimum atomic E-state index is 0. The molecule has 1 N–H and O–H groups in total. The van der Waals surface area contributed by atoms with Crippen molar-refractivity contribution in [2.75, 3.05) is 11.8 Å². The summed E-state index contributed by atoms with van der Waals surface area (Å²) in [5.74, 6) is 2.26. The standard InChI is InChI=1S/C2H5NS2.ClH/c1-3-2-5-4-1;/h3H,1-2H2;1H. The summed E-state index contributed by atoms with van der Waals surface area (Å²) in [6.45, 7) is 0. The maximum Gasteiger partial charge on any atom is 0.0530 e. The zero-order valence-corrected chi connectivity index (χ0v) is 5.59. The van der Waals surface area contributed by atoms with Crippen LogP contribution in [0, 0.1) is 0 Å². The summed E-state index contributed by atoms with van der Waals surface area (Å²) in [5, 5.41) is 3.15. The largest absolute Gasteiger partial charge is 0.297 e. The van der Waals surface area contributed by atoms with Crippen molar-refractivity contribution >= 4 is 34.0 Å². The first-order valence-electron chi connectivity index (χ1n) is 1.45. The smallest absolute Gasteiger partial charge is 0.0530 e. The minimum absolute atomic E-state index is 0. The van der Waals surface area contributed by atoms with Crippen LogP contribution in [0.1, 0.15) is 0 Å². The molecule has 1 fully saturated rings. The predicted octanol–water partition coefficient (Wildman–Crippen LogP) is 1.31. The number of hydrogen-bond acceptors (Lipinski definition) is 3. The summed E-state index contributed by atoms with van der Waals surface area (Å²) in [6, 6.07) is 0. The van der Waals surface area contributed by atoms with Crippen molar-refractivity contribution < 1.29 is 0 Å². The van der Waals surface area contributed by atoms with Gasteiger partial charge in [-0.05, 0) is 0 Å². The molecule has 0 bridgehead atoms. The Morgan fingerprint density at radius 3 is 1.83 bits per heavy atom. The normalized spacial score (nSPS) is 20.0. The fraction of sp³-hybridized carbons (Fsp3) is 1.00. The first-order valence-corrected chi connectivity index (χ1v) is 3.94. The third-order valence-corrected chi connectivity index (χ3v) is 2.42. The molecule has 0 aromatic carbocycles. The van der Waals surface area contributed by atoms with E-state index in [2.05, 4.69) is 5.32 Å². The van der Waals surface area contributed by atoms with Crippen LogP contribution in [0.15, 0.2) is 0 Å². The van der Waals surface area contributed by atoms with Crippen LogP contribution in [0.4, 0.5) is 0 Å². The minimum Gasteiger partial charge on any atom is -0.297 e. The molecular formula is C2H6ClNS2. The molecule has 0 unspecified atom stereocenters. The molecule has 6 heavy (non-hydrogen) atoms. The van der Waals surface area contributed by atoms with Gasteiger partial charge in [-0.15, -0.1) is 12.4 Å². The summed E-state index contributed by atoms with van der Waals surface area (Å²) in [7, 11) is 3.76. The van der Waals surface area contributed by atoms with E-state index in [-0.39, 0.29) is 12.4 Å². The fourth-order valence-electron chi connectivity index (χ4n) is 0.208. The van der Waals surface area contributed by atoms with Crippen LogP contribution >= 0.6 is 34.0 Å². The van der Waals surface area contributed by atoms with Gasteiger partial charge in [0.1, 0.15) is 0 Å². The first kappa shape index (κ1) is 6.95. The third-order valence-electron chi connectivity index (χ3n) is 0.405. The third kappa shape index (κ3) is 2.18. The van der Waals surface area contributed by atoms with Gasteiger partial charge < -0.3 is 0 Å². The van der Waals surface area contributed by atoms with Crippen molar-refractivity contribution in [2.45, 2.75) is 0 Å². The molecule has 0 aromatic rings. The molecule has 4 heteroatoms. The van der Waals surface area contributed by atoms with Crippen molar-refractivity contribution in [3.05, 3.63) is 0 Å². The Bertz CT molecular complexity index is 23.1. The van der Waals surface area contributed by atoms with Crippen LogP contribution in [-0.2, 0) is 0 Å². The van der Waals surface area contributed by atoms with Gasteiger partial charge in [-0.25, -0.2) is 0 Å². The molecule has 1 nitrogen and oxygen atoms in total. The van der Waals surface area contributed by atoms with Gasteiger partial charge in [0.05, 0.1) is 11.8 Å². The number of rotatable bonds is 0. The molecule has 0 amide bonds. The molecule has 1 aliphatic heterocycles. The lowest BCUT2D eigenvalue weighted by molar-refractivity contribution is 0.966. The van der Waals surface area contributed by atoms with E-state index < -0.39 is 0 Å². The van der Waals surface area contributed by atoms with E-state index in [1.165, 1.54) is 0 Å². The Kier molecular flexibility index (Phi) is 4.77. The van der Waals surface area contributed by atoms with Gasteiger partial charge in [-0.1, -0.05) is 21.6 Å². The van der Waals surface area contributed by atoms with Crippen LogP contribution in [0.25, 0.3) is 0 Å². The van der Waals surface area contributed by atoms with E-state index in [9.17, 15) is 0 Å². The molecule has 0 saturated carbocycles. The van der Waals surface area contributed by atoms with E-state index in [0.29, 0.717) is 0 Å². The van der Waals surface area contributed by atoms with Crippen LogP contribution in [-0.4, -0.2) is 11.8 Å². The Hall–Kier alpha value is 0.950. The predicted molar refractivity (Wildman–Crippen MR) is 35.3 cm³/mol. The number of nitrogens with one attached hydrogen (secondary N) is 1. The second-order valence-electron chi connectivity index (χ2n) is 0.774. The second kappa shape index (κ2) is 4.12. The van der Waals surface area contributed by atoms with Gasteiger partial charge >= 0.3 is 0 Å². The lowest BCUT2D eigenvalue weighted by Gasteiger charge is -1.72. The molecule has 1 aliphatic rings. The van der Waals surface area contributed by atoms with Crippen LogP contribution in [0.3, 0.4) is 0 Å². The molecule has 1 heterocycles. The van der Waals surface area contributed by atoms with Crippen molar-refractivity contribution in [3.8, 4) is 0 Å². The maximum absolute atomic E-state index is 3.15. The van der Waals surface area contributed by atoms with Crippen LogP contribution < -0.4 is 5.32 Å². The Morgan fingerprint density at radius 2 is 1.67 bits per heavy atom. The summed E-state index contributed by atoms with van der Waals surface area (Å²) in [5.41, 5.74) is 0. The molecule has 0 spiro atoms. The highest BCUT2D eigenvalue weighted by atomic mass is 35.5. The van der Waals surface area contributed by atoms with E-state index in [4.69, 9.17) is 0 Å². The van der Waals surface area contributed by atoms with Crippen LogP contribution in [0.2, 0.25) is 0 Å². The molecule has 1 rings (SSSR count). The molecule has 0 radical (unpaired) electrons. The highest BCUT2D eigenvalue weighted by molar-refractivity contribution is 8.77. The zero-order valence-electron chi connectivity index (χ0n) is 3.14. The van der Waals surface area contributed by atoms with Gasteiger partial charge in [-0.3, -0.25) is 5.32 Å². The van der Waals surface area contributed by atoms with Crippen molar-refractivity contribution in [1.82, 2.24) is 5.32 Å². The van der Waals surface area contributed by atoms with E-state index in [0.717, 1.165) is 11.8 Å². The molecular weight excluding hydrogens is 138 g/mol. The zero-order chi connectivity index (χ0) is 3.54. The van der Waals surface area contributed by atoms with E-state index in [1.54, 1.807) is 0 Å². The summed E-state index contributed by atoms with van der Waals surface area (Å²) < 4.78 is 0. The quantitative estimate of drug-likeness (QED) is 0.514. The van der Waals surface area contributed by atoms with Gasteiger partial charge in [0.2, 0.25) is 0 Å². The maximum atomic E-state index is 3.15. The van der Waals surface area contributed by atoms with E-state index in [1.807, 2.05) is 21.6 Å². The van der Waals surface area contributed by atoms with Crippen molar-refractivity contribution in [1.29, 1.82) is 0 Å². The van der Waals surface area contributed by atoms with Gasteiger partial charge in [0, 0.05) is 0 Å². The SMILES string of the molecule is C1NCSS1.Cl. The second-order valence-corrected chi connectivity index (χ2v) is 3.24. The Morgan fingerprint density at radius 1 is 1.17 bits per heavy atom. The lowest BCUT2D eigenvalue weighted by atomic mass is 11.2. The fourth-order valence-corrected chi connectivity index (χ4v) is 1.87. The molecule has 1 saturated heterocycles. The monoisotopic (exact) mass is 143 g/mol. The lowest BCUT2D eigenvalue weighted by Crippen LogP contribution is -2.01. The number of hydrogen-bond donors (Lipinski definition) is 1. The molecule has 38 valence electrons. The summed E-state index contributed by atoms with van der Waals surface area (Å²) in [6.07, 6.45) is 0. The topological polar surface area (TPSA) is 12.0 Å². The average molecular weight is 144 g/mol. The Labute approximate surface area is 51.4 Å². The highest BCUT2D eigenvalue weighted by Crippen LogP contribution is 2.22. The van der Waals surface area contributed by atoms with Crippen LogP contribution in [0.5, 0.6) is 0 Å². The first-order chi connectivity index (χ1) is 2.50. The van der Waals surface area contributed by atoms with Crippen molar-refractivity contribution in [2.24, 2.45) is 0 Å². The Balaban J connectivity index is 0.000000250. The molecule has 0 aliphatic carbocycles. The summed E-state index contributed by atoms with van der Waals surface area (Å²) in [4.78, 5) is 0. The van der Waals surface area contributed by atoms with Gasteiger partial charge in [-0.2, -0.15) is 0 Å². The van der Waals surface area contributed by atoms with E-state index >= 15 is 0 Å². The number of halogens is 1. The molecule has 0 atom stereocenters. The highest BCUT2D eigenvalue weighted by Gasteiger charge is 1.94. The van der Waals surface area contributed by atoms with Crippen molar-refractivity contribution in [3.63, 3.8) is 0 Å². The average Bonchev–Trinajstić information content (AvgIpc) is 1.76. The van der Waals surface area contributed by atoms with Gasteiger partial charge in [0.25, 0.3) is 0 Å².